The zero-order valence-corrected chi connectivity index (χ0v) is 28.2. The number of halogens is 1. The minimum absolute atomic E-state index is 0.0203. The Hall–Kier alpha value is -4.85. The van der Waals surface area contributed by atoms with E-state index in [4.69, 9.17) is 0 Å². The fourth-order valence-electron chi connectivity index (χ4n) is 5.12. The summed E-state index contributed by atoms with van der Waals surface area (Å²) in [6.45, 7) is 1.82. The maximum absolute atomic E-state index is 13.9. The molecule has 2 aromatic heterocycles. The first-order chi connectivity index (χ1) is 22.9. The first-order valence-corrected chi connectivity index (χ1v) is 17.8. The molecule has 0 saturated heterocycles. The SMILES string of the molecule is C[C@@H](NC(=O)c1cc(C(=O)N[C@@H](Cc2ccccc2)[C@@H](O)Cn2cc(-c3cccs3)cn2)cc(N(C)S(C)(=O)=O)c1)c1ccc(F)cc1. The van der Waals surface area contributed by atoms with Gasteiger partial charge < -0.3 is 15.7 Å². The number of anilines is 1. The Morgan fingerprint density at radius 3 is 2.27 bits per heavy atom. The van der Waals surface area contributed by atoms with Gasteiger partial charge in [-0.25, -0.2) is 12.8 Å². The Kier molecular flexibility index (Phi) is 10.7. The second-order valence-corrected chi connectivity index (χ2v) is 14.5. The summed E-state index contributed by atoms with van der Waals surface area (Å²) >= 11 is 1.58. The number of thiophene rings is 1. The van der Waals surface area contributed by atoms with Gasteiger partial charge >= 0.3 is 0 Å². The van der Waals surface area contributed by atoms with Crippen molar-refractivity contribution in [2.45, 2.75) is 38.1 Å². The minimum atomic E-state index is -3.75. The van der Waals surface area contributed by atoms with Crippen LogP contribution < -0.4 is 14.9 Å². The van der Waals surface area contributed by atoms with Crippen molar-refractivity contribution in [1.82, 2.24) is 20.4 Å². The maximum Gasteiger partial charge on any atom is 0.251 e. The molecule has 5 aromatic rings. The van der Waals surface area contributed by atoms with Crippen LogP contribution in [0.1, 0.15) is 44.8 Å². The number of rotatable bonds is 13. The van der Waals surface area contributed by atoms with Crippen LogP contribution in [0.2, 0.25) is 0 Å². The molecule has 0 saturated carbocycles. The van der Waals surface area contributed by atoms with Gasteiger partial charge in [0.25, 0.3) is 11.8 Å². The van der Waals surface area contributed by atoms with Gasteiger partial charge in [-0.1, -0.05) is 48.5 Å². The number of aliphatic hydroxyl groups excluding tert-OH is 1. The number of aliphatic hydroxyl groups is 1. The fraction of sp³-hybridized carbons (Fsp3) is 0.229. The molecule has 3 N–H and O–H groups in total. The van der Waals surface area contributed by atoms with Crippen LogP contribution in [0.25, 0.3) is 10.4 Å². The predicted molar refractivity (Wildman–Crippen MR) is 185 cm³/mol. The third-order valence-corrected chi connectivity index (χ3v) is 10.0. The van der Waals surface area contributed by atoms with Crippen molar-refractivity contribution in [2.75, 3.05) is 17.6 Å². The van der Waals surface area contributed by atoms with Crippen molar-refractivity contribution >= 4 is 38.9 Å². The molecular weight excluding hydrogens is 654 g/mol. The van der Waals surface area contributed by atoms with Crippen LogP contribution in [0.5, 0.6) is 0 Å². The molecule has 13 heteroatoms. The van der Waals surface area contributed by atoms with Gasteiger partial charge in [0.1, 0.15) is 5.82 Å². The van der Waals surface area contributed by atoms with E-state index in [1.807, 2.05) is 54.0 Å². The van der Waals surface area contributed by atoms with E-state index in [9.17, 15) is 27.5 Å². The number of carbonyl (C=O) groups is 2. The average Bonchev–Trinajstić information content (AvgIpc) is 3.77. The second-order valence-electron chi connectivity index (χ2n) is 11.5. The second kappa shape index (κ2) is 14.9. The summed E-state index contributed by atoms with van der Waals surface area (Å²) in [6.07, 6.45) is 3.79. The lowest BCUT2D eigenvalue weighted by atomic mass is 10.00. The summed E-state index contributed by atoms with van der Waals surface area (Å²) in [6, 6.07) is 21.8. The fourth-order valence-corrected chi connectivity index (χ4v) is 6.31. The molecule has 0 aliphatic heterocycles. The van der Waals surface area contributed by atoms with Crippen LogP contribution in [0, 0.1) is 5.82 Å². The Balaban J connectivity index is 1.42. The van der Waals surface area contributed by atoms with Crippen molar-refractivity contribution in [1.29, 1.82) is 0 Å². The molecule has 48 heavy (non-hydrogen) atoms. The van der Waals surface area contributed by atoms with E-state index in [0.29, 0.717) is 5.56 Å². The molecule has 10 nitrogen and oxygen atoms in total. The number of aromatic nitrogens is 2. The van der Waals surface area contributed by atoms with Crippen LogP contribution in [-0.4, -0.2) is 60.6 Å². The Morgan fingerprint density at radius 2 is 1.65 bits per heavy atom. The average molecular weight is 690 g/mol. The highest BCUT2D eigenvalue weighted by Gasteiger charge is 2.26. The van der Waals surface area contributed by atoms with Gasteiger partial charge in [0.2, 0.25) is 10.0 Å². The third kappa shape index (κ3) is 8.73. The van der Waals surface area contributed by atoms with Crippen LogP contribution >= 0.6 is 11.3 Å². The van der Waals surface area contributed by atoms with Crippen molar-refractivity contribution < 1.29 is 27.5 Å². The van der Waals surface area contributed by atoms with Crippen molar-refractivity contribution in [3.05, 3.63) is 131 Å². The van der Waals surface area contributed by atoms with Crippen molar-refractivity contribution in [3.8, 4) is 10.4 Å². The van der Waals surface area contributed by atoms with E-state index in [2.05, 4.69) is 15.7 Å². The number of nitrogens with zero attached hydrogens (tertiary/aromatic N) is 3. The standard InChI is InChI=1S/C35H36FN5O5S2/c1-23(25-11-13-29(36)14-12-25)38-34(43)26-17-27(19-30(18-26)40(2)48(3,45)46)35(44)39-31(16-24-8-5-4-6-9-24)32(42)22-41-21-28(20-37-41)33-10-7-15-47-33/h4-15,17-21,23,31-32,42H,16,22H2,1-3H3,(H,38,43)(H,39,44)/t23-,31+,32+/m1/s1. The van der Waals surface area contributed by atoms with Crippen LogP contribution in [0.4, 0.5) is 10.1 Å². The predicted octanol–water partition coefficient (Wildman–Crippen LogP) is 5.04. The number of benzene rings is 3. The van der Waals surface area contributed by atoms with Crippen molar-refractivity contribution in [3.63, 3.8) is 0 Å². The summed E-state index contributed by atoms with van der Waals surface area (Å²) < 4.78 is 41.0. The highest BCUT2D eigenvalue weighted by Crippen LogP contribution is 2.25. The van der Waals surface area contributed by atoms with Crippen LogP contribution in [0.15, 0.2) is 103 Å². The normalized spacial score (nSPS) is 13.4. The molecule has 0 radical (unpaired) electrons. The molecule has 2 heterocycles. The van der Waals surface area contributed by atoms with E-state index in [1.54, 1.807) is 41.3 Å². The zero-order valence-electron chi connectivity index (χ0n) is 26.6. The van der Waals surface area contributed by atoms with E-state index >= 15 is 0 Å². The molecule has 3 atom stereocenters. The minimum Gasteiger partial charge on any atom is -0.389 e. The smallest absolute Gasteiger partial charge is 0.251 e. The summed E-state index contributed by atoms with van der Waals surface area (Å²) in [5, 5.41) is 23.5. The summed E-state index contributed by atoms with van der Waals surface area (Å²) in [5.74, 6) is -1.59. The van der Waals surface area contributed by atoms with Gasteiger partial charge in [-0.3, -0.25) is 18.6 Å². The molecule has 0 spiro atoms. The molecule has 2 amide bonds. The molecule has 0 fully saturated rings. The lowest BCUT2D eigenvalue weighted by Gasteiger charge is -2.25. The molecule has 5 rings (SSSR count). The van der Waals surface area contributed by atoms with Crippen LogP contribution in [0.3, 0.4) is 0 Å². The third-order valence-electron chi connectivity index (χ3n) is 7.91. The summed E-state index contributed by atoms with van der Waals surface area (Å²) in [4.78, 5) is 28.3. The first kappa shape index (κ1) is 34.5. The molecule has 0 aliphatic rings. The monoisotopic (exact) mass is 689 g/mol. The quantitative estimate of drug-likeness (QED) is 0.159. The topological polar surface area (TPSA) is 134 Å². The van der Waals surface area contributed by atoms with Gasteiger partial charge in [-0.05, 0) is 66.2 Å². The Morgan fingerprint density at radius 1 is 0.979 bits per heavy atom. The molecule has 250 valence electrons. The molecule has 3 aromatic carbocycles. The van der Waals surface area contributed by atoms with Gasteiger partial charge in [0.05, 0.1) is 42.9 Å². The van der Waals surface area contributed by atoms with Crippen molar-refractivity contribution in [2.24, 2.45) is 0 Å². The number of amides is 2. The summed E-state index contributed by atoms with van der Waals surface area (Å²) in [7, 11) is -2.43. The summed E-state index contributed by atoms with van der Waals surface area (Å²) in [5.41, 5.74) is 2.60. The van der Waals surface area contributed by atoms with E-state index in [1.165, 1.54) is 37.4 Å². The molecular formula is C35H36FN5O5S2. The highest BCUT2D eigenvalue weighted by molar-refractivity contribution is 7.92. The first-order valence-electron chi connectivity index (χ1n) is 15.1. The number of nitrogens with one attached hydrogen (secondary N) is 2. The van der Waals surface area contributed by atoms with Gasteiger partial charge in [0.15, 0.2) is 0 Å². The number of sulfonamides is 1. The lowest BCUT2D eigenvalue weighted by Crippen LogP contribution is -2.46. The van der Waals surface area contributed by atoms with E-state index in [-0.39, 0.29) is 29.8 Å². The van der Waals surface area contributed by atoms with Crippen LogP contribution in [-0.2, 0) is 23.0 Å². The number of hydrogen-bond donors (Lipinski definition) is 3. The lowest BCUT2D eigenvalue weighted by molar-refractivity contribution is 0.0780. The largest absolute Gasteiger partial charge is 0.389 e. The van der Waals surface area contributed by atoms with Gasteiger partial charge in [-0.15, -0.1) is 11.3 Å². The molecule has 0 bridgehead atoms. The number of carbonyl (C=O) groups excluding carboxylic acids is 2. The number of hydrogen-bond acceptors (Lipinski definition) is 7. The van der Waals surface area contributed by atoms with E-state index < -0.39 is 45.8 Å². The van der Waals surface area contributed by atoms with Gasteiger partial charge in [0, 0.05) is 34.8 Å². The molecule has 0 aliphatic carbocycles. The Labute approximate surface area is 282 Å². The maximum atomic E-state index is 13.9. The van der Waals surface area contributed by atoms with E-state index in [0.717, 1.165) is 26.6 Å². The molecule has 0 unspecified atom stereocenters. The Bertz CT molecular complexity index is 1970. The van der Waals surface area contributed by atoms with Gasteiger partial charge in [-0.2, -0.15) is 5.10 Å². The highest BCUT2D eigenvalue weighted by atomic mass is 32.2. The zero-order chi connectivity index (χ0) is 34.4.